The average Bonchev–Trinajstić information content (AvgIpc) is 2.82. The highest BCUT2D eigenvalue weighted by molar-refractivity contribution is 5.94. The van der Waals surface area contributed by atoms with E-state index in [-0.39, 0.29) is 5.91 Å². The van der Waals surface area contributed by atoms with Crippen LogP contribution in [0.5, 0.6) is 0 Å². The van der Waals surface area contributed by atoms with Gasteiger partial charge in [0.1, 0.15) is 0 Å². The summed E-state index contributed by atoms with van der Waals surface area (Å²) in [6.07, 6.45) is 7.02. The maximum absolute atomic E-state index is 12.1. The van der Waals surface area contributed by atoms with Gasteiger partial charge in [-0.05, 0) is 55.7 Å². The molecule has 1 aliphatic carbocycles. The Labute approximate surface area is 116 Å². The van der Waals surface area contributed by atoms with E-state index in [2.05, 4.69) is 31.3 Å². The number of benzene rings is 1. The number of carbonyl (C=O) groups excluding carboxylic acids is 1. The lowest BCUT2D eigenvalue weighted by Gasteiger charge is -2.12. The molecule has 0 aliphatic heterocycles. The molecular formula is C17H25NO. The van der Waals surface area contributed by atoms with E-state index in [0.29, 0.717) is 6.04 Å². The first kappa shape index (κ1) is 14.1. The maximum atomic E-state index is 12.1. The molecule has 0 bridgehead atoms. The third kappa shape index (κ3) is 4.09. The molecule has 2 rings (SSSR count). The second-order valence-corrected chi connectivity index (χ2v) is 5.89. The van der Waals surface area contributed by atoms with E-state index in [1.807, 2.05) is 12.1 Å². The summed E-state index contributed by atoms with van der Waals surface area (Å²) >= 11 is 0. The molecular weight excluding hydrogens is 234 g/mol. The Morgan fingerprint density at radius 1 is 1.26 bits per heavy atom. The Morgan fingerprint density at radius 3 is 2.58 bits per heavy atom. The van der Waals surface area contributed by atoms with Gasteiger partial charge >= 0.3 is 0 Å². The van der Waals surface area contributed by atoms with Crippen LogP contribution in [-0.2, 0) is 6.42 Å². The zero-order valence-corrected chi connectivity index (χ0v) is 12.1. The molecule has 0 aromatic heterocycles. The number of nitrogens with one attached hydrogen (secondary N) is 1. The van der Waals surface area contributed by atoms with Gasteiger partial charge in [0, 0.05) is 11.6 Å². The van der Waals surface area contributed by atoms with Crippen LogP contribution in [0, 0.1) is 5.92 Å². The summed E-state index contributed by atoms with van der Waals surface area (Å²) in [4.78, 5) is 12.1. The van der Waals surface area contributed by atoms with Gasteiger partial charge in [-0.15, -0.1) is 0 Å². The Hall–Kier alpha value is -1.31. The predicted octanol–water partition coefficient (Wildman–Crippen LogP) is 3.95. The third-order valence-electron chi connectivity index (χ3n) is 4.07. The van der Waals surface area contributed by atoms with E-state index in [0.717, 1.165) is 30.7 Å². The second-order valence-electron chi connectivity index (χ2n) is 5.89. The van der Waals surface area contributed by atoms with Crippen LogP contribution in [0.4, 0.5) is 0 Å². The molecule has 0 radical (unpaired) electrons. The third-order valence-corrected chi connectivity index (χ3v) is 4.07. The van der Waals surface area contributed by atoms with E-state index < -0.39 is 0 Å². The monoisotopic (exact) mass is 259 g/mol. The van der Waals surface area contributed by atoms with E-state index >= 15 is 0 Å². The number of hydrogen-bond acceptors (Lipinski definition) is 1. The van der Waals surface area contributed by atoms with Gasteiger partial charge in [-0.3, -0.25) is 4.79 Å². The molecule has 1 aliphatic rings. The first-order chi connectivity index (χ1) is 9.19. The number of aryl methyl sites for hydroxylation is 1. The molecule has 1 N–H and O–H groups in total. The number of hydrogen-bond donors (Lipinski definition) is 1. The topological polar surface area (TPSA) is 29.1 Å². The Balaban J connectivity index is 1.88. The van der Waals surface area contributed by atoms with Gasteiger partial charge in [-0.1, -0.05) is 32.4 Å². The summed E-state index contributed by atoms with van der Waals surface area (Å²) in [6, 6.07) is 8.46. The first-order valence-corrected chi connectivity index (χ1v) is 7.59. The lowest BCUT2D eigenvalue weighted by atomic mass is 10.1. The Kier molecular flexibility index (Phi) is 5.00. The normalized spacial score (nSPS) is 22.4. The lowest BCUT2D eigenvalue weighted by molar-refractivity contribution is 0.0937. The van der Waals surface area contributed by atoms with Crippen molar-refractivity contribution in [2.75, 3.05) is 0 Å². The van der Waals surface area contributed by atoms with Crippen molar-refractivity contribution < 1.29 is 4.79 Å². The minimum absolute atomic E-state index is 0.0844. The van der Waals surface area contributed by atoms with Crippen LogP contribution in [0.25, 0.3) is 0 Å². The highest BCUT2D eigenvalue weighted by Crippen LogP contribution is 2.24. The van der Waals surface area contributed by atoms with Crippen molar-refractivity contribution in [1.29, 1.82) is 0 Å². The molecule has 2 unspecified atom stereocenters. The zero-order valence-electron chi connectivity index (χ0n) is 12.1. The molecule has 1 saturated carbocycles. The van der Waals surface area contributed by atoms with Crippen LogP contribution in [0.1, 0.15) is 61.9 Å². The molecule has 1 aromatic carbocycles. The fourth-order valence-electron chi connectivity index (χ4n) is 2.81. The summed E-state index contributed by atoms with van der Waals surface area (Å²) in [5.74, 6) is 0.836. The summed E-state index contributed by atoms with van der Waals surface area (Å²) < 4.78 is 0. The van der Waals surface area contributed by atoms with Crippen molar-refractivity contribution in [3.63, 3.8) is 0 Å². The van der Waals surface area contributed by atoms with Crippen LogP contribution in [-0.4, -0.2) is 11.9 Å². The van der Waals surface area contributed by atoms with E-state index in [1.54, 1.807) is 0 Å². The number of unbranched alkanes of at least 4 members (excludes halogenated alkanes) is 1. The largest absolute Gasteiger partial charge is 0.349 e. The molecule has 2 heteroatoms. The molecule has 2 nitrogen and oxygen atoms in total. The molecule has 2 atom stereocenters. The fourth-order valence-corrected chi connectivity index (χ4v) is 2.81. The summed E-state index contributed by atoms with van der Waals surface area (Å²) in [5, 5.41) is 3.15. The van der Waals surface area contributed by atoms with Crippen LogP contribution >= 0.6 is 0 Å². The van der Waals surface area contributed by atoms with E-state index in [9.17, 15) is 4.79 Å². The van der Waals surface area contributed by atoms with Crippen molar-refractivity contribution >= 4 is 5.91 Å². The minimum atomic E-state index is 0.0844. The van der Waals surface area contributed by atoms with Crippen molar-refractivity contribution in [1.82, 2.24) is 5.32 Å². The van der Waals surface area contributed by atoms with Crippen LogP contribution in [0.3, 0.4) is 0 Å². The smallest absolute Gasteiger partial charge is 0.251 e. The maximum Gasteiger partial charge on any atom is 0.251 e. The van der Waals surface area contributed by atoms with Crippen molar-refractivity contribution in [2.24, 2.45) is 5.92 Å². The standard InChI is InChI=1S/C17H25NO/c1-3-4-5-14-7-9-15(10-8-14)17(19)18-16-11-6-13(2)12-16/h7-10,13,16H,3-6,11-12H2,1-2H3,(H,18,19). The first-order valence-electron chi connectivity index (χ1n) is 7.59. The fraction of sp³-hybridized carbons (Fsp3) is 0.588. The Morgan fingerprint density at radius 2 is 2.00 bits per heavy atom. The number of rotatable bonds is 5. The molecule has 0 spiro atoms. The van der Waals surface area contributed by atoms with Crippen molar-refractivity contribution in [3.8, 4) is 0 Å². The molecule has 19 heavy (non-hydrogen) atoms. The second kappa shape index (κ2) is 6.74. The molecule has 1 fully saturated rings. The summed E-state index contributed by atoms with van der Waals surface area (Å²) in [6.45, 7) is 4.46. The summed E-state index contributed by atoms with van der Waals surface area (Å²) in [7, 11) is 0. The van der Waals surface area contributed by atoms with Crippen molar-refractivity contribution in [2.45, 2.75) is 58.4 Å². The average molecular weight is 259 g/mol. The zero-order chi connectivity index (χ0) is 13.7. The van der Waals surface area contributed by atoms with Gasteiger partial charge in [0.2, 0.25) is 0 Å². The van der Waals surface area contributed by atoms with Gasteiger partial charge in [0.15, 0.2) is 0 Å². The van der Waals surface area contributed by atoms with Crippen LogP contribution in [0.2, 0.25) is 0 Å². The minimum Gasteiger partial charge on any atom is -0.349 e. The summed E-state index contributed by atoms with van der Waals surface area (Å²) in [5.41, 5.74) is 2.12. The molecule has 1 aromatic rings. The number of carbonyl (C=O) groups is 1. The van der Waals surface area contributed by atoms with Gasteiger partial charge in [0.25, 0.3) is 5.91 Å². The molecule has 1 amide bonds. The van der Waals surface area contributed by atoms with Gasteiger partial charge in [0.05, 0.1) is 0 Å². The number of amides is 1. The molecule has 104 valence electrons. The Bertz CT molecular complexity index is 410. The van der Waals surface area contributed by atoms with E-state index in [1.165, 1.54) is 24.8 Å². The highest BCUT2D eigenvalue weighted by atomic mass is 16.1. The van der Waals surface area contributed by atoms with Crippen LogP contribution in [0.15, 0.2) is 24.3 Å². The quantitative estimate of drug-likeness (QED) is 0.852. The van der Waals surface area contributed by atoms with Gasteiger partial charge in [-0.25, -0.2) is 0 Å². The lowest BCUT2D eigenvalue weighted by Crippen LogP contribution is -2.32. The van der Waals surface area contributed by atoms with Crippen molar-refractivity contribution in [3.05, 3.63) is 35.4 Å². The van der Waals surface area contributed by atoms with Gasteiger partial charge in [-0.2, -0.15) is 0 Å². The molecule has 0 heterocycles. The SMILES string of the molecule is CCCCc1ccc(C(=O)NC2CCC(C)C2)cc1. The predicted molar refractivity (Wildman–Crippen MR) is 79.3 cm³/mol. The molecule has 0 saturated heterocycles. The van der Waals surface area contributed by atoms with Gasteiger partial charge < -0.3 is 5.32 Å². The highest BCUT2D eigenvalue weighted by Gasteiger charge is 2.22. The van der Waals surface area contributed by atoms with E-state index in [4.69, 9.17) is 0 Å². The van der Waals surface area contributed by atoms with Crippen LogP contribution < -0.4 is 5.32 Å².